The lowest BCUT2D eigenvalue weighted by molar-refractivity contribution is 0.0556. The number of nitriles is 1. The van der Waals surface area contributed by atoms with Crippen LogP contribution in [0, 0.1) is 18.3 Å². The van der Waals surface area contributed by atoms with Crippen LogP contribution in [0.1, 0.15) is 45.6 Å². The van der Waals surface area contributed by atoms with Crippen LogP contribution in [0.15, 0.2) is 48.5 Å². The molecule has 0 saturated carbocycles. The minimum atomic E-state index is -0.451. The standard InChI is InChI=1S/C24H20N2O2/c1-16-9-11-17(12-10-16)15-18-5-4-7-20-22(24(27)28-14-13-25)19-6-2-3-8-21(19)26-23(18)20/h2-3,6,8-12,15H,4-5,7,14H2,1H3/b18-15+. The molecule has 28 heavy (non-hydrogen) atoms. The summed E-state index contributed by atoms with van der Waals surface area (Å²) in [6.07, 6.45) is 4.79. The maximum atomic E-state index is 12.8. The Morgan fingerprint density at radius 1 is 1.18 bits per heavy atom. The lowest BCUT2D eigenvalue weighted by Gasteiger charge is -2.22. The highest BCUT2D eigenvalue weighted by Crippen LogP contribution is 2.36. The number of allylic oxidation sites excluding steroid dienone is 1. The third-order valence-electron chi connectivity index (χ3n) is 5.06. The van der Waals surface area contributed by atoms with Gasteiger partial charge in [-0.25, -0.2) is 9.78 Å². The Labute approximate surface area is 164 Å². The molecule has 1 heterocycles. The molecule has 0 spiro atoms. The Kier molecular flexibility index (Phi) is 4.90. The number of ether oxygens (including phenoxy) is 1. The molecule has 1 aliphatic carbocycles. The lowest BCUT2D eigenvalue weighted by Crippen LogP contribution is -2.15. The molecule has 4 rings (SSSR count). The first kappa shape index (κ1) is 17.9. The number of nitrogens with zero attached hydrogens (tertiary/aromatic N) is 2. The van der Waals surface area contributed by atoms with E-state index in [4.69, 9.17) is 15.0 Å². The van der Waals surface area contributed by atoms with Crippen molar-refractivity contribution in [3.63, 3.8) is 0 Å². The summed E-state index contributed by atoms with van der Waals surface area (Å²) < 4.78 is 5.17. The van der Waals surface area contributed by atoms with Gasteiger partial charge in [0.25, 0.3) is 0 Å². The third kappa shape index (κ3) is 3.39. The summed E-state index contributed by atoms with van der Waals surface area (Å²) in [7, 11) is 0. The van der Waals surface area contributed by atoms with Crippen molar-refractivity contribution >= 4 is 28.5 Å². The number of rotatable bonds is 3. The van der Waals surface area contributed by atoms with E-state index in [9.17, 15) is 4.79 Å². The van der Waals surface area contributed by atoms with E-state index in [0.29, 0.717) is 5.56 Å². The number of hydrogen-bond donors (Lipinski definition) is 0. The minimum Gasteiger partial charge on any atom is -0.447 e. The van der Waals surface area contributed by atoms with Crippen molar-refractivity contribution in [3.05, 3.63) is 76.5 Å². The van der Waals surface area contributed by atoms with E-state index in [2.05, 4.69) is 37.3 Å². The molecule has 0 unspecified atom stereocenters. The minimum absolute atomic E-state index is 0.254. The molecular weight excluding hydrogens is 348 g/mol. The van der Waals surface area contributed by atoms with Crippen molar-refractivity contribution in [1.29, 1.82) is 5.26 Å². The zero-order chi connectivity index (χ0) is 19.5. The van der Waals surface area contributed by atoms with Crippen LogP contribution in [0.2, 0.25) is 0 Å². The van der Waals surface area contributed by atoms with E-state index in [-0.39, 0.29) is 6.61 Å². The average molecular weight is 368 g/mol. The number of benzene rings is 2. The van der Waals surface area contributed by atoms with Crippen LogP contribution in [-0.2, 0) is 11.2 Å². The van der Waals surface area contributed by atoms with Gasteiger partial charge in [0.05, 0.1) is 16.8 Å². The molecular formula is C24H20N2O2. The zero-order valence-corrected chi connectivity index (χ0v) is 15.7. The Bertz CT molecular complexity index is 1120. The maximum absolute atomic E-state index is 12.8. The van der Waals surface area contributed by atoms with Gasteiger partial charge in [-0.15, -0.1) is 0 Å². The summed E-state index contributed by atoms with van der Waals surface area (Å²) in [5.41, 5.74) is 6.58. The molecule has 3 aromatic rings. The number of fused-ring (bicyclic) bond motifs is 2. The molecule has 0 saturated heterocycles. The van der Waals surface area contributed by atoms with Gasteiger partial charge in [0.15, 0.2) is 6.61 Å². The van der Waals surface area contributed by atoms with E-state index in [0.717, 1.165) is 52.6 Å². The molecule has 0 radical (unpaired) electrons. The van der Waals surface area contributed by atoms with Crippen LogP contribution in [0.4, 0.5) is 0 Å². The van der Waals surface area contributed by atoms with Gasteiger partial charge in [0, 0.05) is 5.39 Å². The molecule has 4 nitrogen and oxygen atoms in total. The molecule has 0 bridgehead atoms. The first-order valence-corrected chi connectivity index (χ1v) is 9.40. The topological polar surface area (TPSA) is 63.0 Å². The fraction of sp³-hybridized carbons (Fsp3) is 0.208. The molecule has 0 fully saturated rings. The number of carbonyl (C=O) groups is 1. The molecule has 2 aromatic carbocycles. The quantitative estimate of drug-likeness (QED) is 0.603. The fourth-order valence-corrected chi connectivity index (χ4v) is 3.74. The van der Waals surface area contributed by atoms with Crippen molar-refractivity contribution in [3.8, 4) is 6.07 Å². The molecule has 138 valence electrons. The molecule has 0 aliphatic heterocycles. The number of aromatic nitrogens is 1. The van der Waals surface area contributed by atoms with E-state index >= 15 is 0 Å². The van der Waals surface area contributed by atoms with Gasteiger partial charge in [0.1, 0.15) is 6.07 Å². The summed E-state index contributed by atoms with van der Waals surface area (Å²) >= 11 is 0. The van der Waals surface area contributed by atoms with Crippen LogP contribution in [0.3, 0.4) is 0 Å². The lowest BCUT2D eigenvalue weighted by atomic mass is 9.86. The Morgan fingerprint density at radius 3 is 2.75 bits per heavy atom. The van der Waals surface area contributed by atoms with Gasteiger partial charge >= 0.3 is 5.97 Å². The van der Waals surface area contributed by atoms with E-state index in [1.54, 1.807) is 0 Å². The Morgan fingerprint density at radius 2 is 1.96 bits per heavy atom. The number of esters is 1. The van der Waals surface area contributed by atoms with Gasteiger partial charge in [-0.3, -0.25) is 0 Å². The van der Waals surface area contributed by atoms with Gasteiger partial charge in [0.2, 0.25) is 0 Å². The number of aryl methyl sites for hydroxylation is 1. The van der Waals surface area contributed by atoms with E-state index < -0.39 is 5.97 Å². The predicted octanol–water partition coefficient (Wildman–Crippen LogP) is 5.10. The van der Waals surface area contributed by atoms with Crippen molar-refractivity contribution in [1.82, 2.24) is 4.98 Å². The second-order valence-corrected chi connectivity index (χ2v) is 7.00. The van der Waals surface area contributed by atoms with Crippen molar-refractivity contribution in [2.75, 3.05) is 6.61 Å². The second kappa shape index (κ2) is 7.66. The summed E-state index contributed by atoms with van der Waals surface area (Å²) in [6.45, 7) is 1.82. The third-order valence-corrected chi connectivity index (χ3v) is 5.06. The zero-order valence-electron chi connectivity index (χ0n) is 15.7. The summed E-state index contributed by atoms with van der Waals surface area (Å²) in [6, 6.07) is 17.9. The largest absolute Gasteiger partial charge is 0.447 e. The fourth-order valence-electron chi connectivity index (χ4n) is 3.74. The molecule has 4 heteroatoms. The van der Waals surface area contributed by atoms with Crippen LogP contribution in [0.5, 0.6) is 0 Å². The number of hydrogen-bond acceptors (Lipinski definition) is 4. The summed E-state index contributed by atoms with van der Waals surface area (Å²) in [4.78, 5) is 17.7. The average Bonchev–Trinajstić information content (AvgIpc) is 2.72. The maximum Gasteiger partial charge on any atom is 0.340 e. The Hall–Kier alpha value is -3.45. The first-order valence-electron chi connectivity index (χ1n) is 9.40. The highest BCUT2D eigenvalue weighted by atomic mass is 16.5. The SMILES string of the molecule is Cc1ccc(/C=C2\CCCc3c2nc2ccccc2c3C(=O)OCC#N)cc1. The highest BCUT2D eigenvalue weighted by Gasteiger charge is 2.25. The molecule has 1 aromatic heterocycles. The van der Waals surface area contributed by atoms with Gasteiger partial charge in [-0.2, -0.15) is 5.26 Å². The monoisotopic (exact) mass is 368 g/mol. The van der Waals surface area contributed by atoms with Crippen LogP contribution < -0.4 is 0 Å². The summed E-state index contributed by atoms with van der Waals surface area (Å²) in [5.74, 6) is -0.451. The van der Waals surface area contributed by atoms with Crippen molar-refractivity contribution in [2.45, 2.75) is 26.2 Å². The first-order chi connectivity index (χ1) is 13.7. The van der Waals surface area contributed by atoms with Gasteiger partial charge in [-0.1, -0.05) is 48.0 Å². The van der Waals surface area contributed by atoms with E-state index in [1.807, 2.05) is 30.3 Å². The second-order valence-electron chi connectivity index (χ2n) is 7.00. The van der Waals surface area contributed by atoms with Crippen molar-refractivity contribution in [2.24, 2.45) is 0 Å². The smallest absolute Gasteiger partial charge is 0.340 e. The normalized spacial score (nSPS) is 14.5. The number of pyridine rings is 1. The number of carbonyl (C=O) groups excluding carboxylic acids is 1. The Balaban J connectivity index is 1.90. The molecule has 1 aliphatic rings. The van der Waals surface area contributed by atoms with Crippen LogP contribution in [-0.4, -0.2) is 17.6 Å². The van der Waals surface area contributed by atoms with E-state index in [1.165, 1.54) is 5.56 Å². The summed E-state index contributed by atoms with van der Waals surface area (Å²) in [5, 5.41) is 9.57. The molecule has 0 N–H and O–H groups in total. The highest BCUT2D eigenvalue weighted by molar-refractivity contribution is 6.06. The van der Waals surface area contributed by atoms with Crippen molar-refractivity contribution < 1.29 is 9.53 Å². The van der Waals surface area contributed by atoms with Gasteiger partial charge < -0.3 is 4.74 Å². The molecule has 0 amide bonds. The van der Waals surface area contributed by atoms with Crippen LogP contribution in [0.25, 0.3) is 22.6 Å². The predicted molar refractivity (Wildman–Crippen MR) is 110 cm³/mol. The molecule has 0 atom stereocenters. The number of para-hydroxylation sites is 1. The van der Waals surface area contributed by atoms with Gasteiger partial charge in [-0.05, 0) is 55.0 Å². The van der Waals surface area contributed by atoms with Crippen LogP contribution >= 0.6 is 0 Å².